The molecule has 1 aliphatic carbocycles. The molecular formula is C12H25NO. The van der Waals surface area contributed by atoms with Gasteiger partial charge in [0.15, 0.2) is 0 Å². The second-order valence-corrected chi connectivity index (χ2v) is 5.54. The largest absolute Gasteiger partial charge is 0.396 e. The number of nitrogens with one attached hydrogen (secondary N) is 1. The van der Waals surface area contributed by atoms with E-state index in [2.05, 4.69) is 26.1 Å². The normalized spacial score (nSPS) is 30.9. The first-order valence-electron chi connectivity index (χ1n) is 5.89. The Kier molecular flexibility index (Phi) is 4.39. The van der Waals surface area contributed by atoms with Crippen LogP contribution in [0, 0.1) is 11.3 Å². The van der Waals surface area contributed by atoms with Gasteiger partial charge in [0.2, 0.25) is 0 Å². The minimum Gasteiger partial charge on any atom is -0.396 e. The molecule has 2 N–H and O–H groups in total. The average molecular weight is 199 g/mol. The van der Waals surface area contributed by atoms with Crippen LogP contribution < -0.4 is 5.32 Å². The zero-order valence-corrected chi connectivity index (χ0v) is 9.84. The summed E-state index contributed by atoms with van der Waals surface area (Å²) < 4.78 is 0. The van der Waals surface area contributed by atoms with Crippen molar-refractivity contribution in [1.29, 1.82) is 0 Å². The third-order valence-electron chi connectivity index (χ3n) is 3.33. The van der Waals surface area contributed by atoms with Crippen molar-refractivity contribution in [3.63, 3.8) is 0 Å². The van der Waals surface area contributed by atoms with E-state index in [1.54, 1.807) is 0 Å². The third-order valence-corrected chi connectivity index (χ3v) is 3.33. The molecule has 14 heavy (non-hydrogen) atoms. The van der Waals surface area contributed by atoms with Crippen molar-refractivity contribution in [3.05, 3.63) is 0 Å². The lowest BCUT2D eigenvalue weighted by atomic mass is 9.91. The molecule has 0 aromatic carbocycles. The lowest BCUT2D eigenvalue weighted by molar-refractivity contribution is 0.281. The Hall–Kier alpha value is -0.0800. The lowest BCUT2D eigenvalue weighted by Gasteiger charge is -2.18. The van der Waals surface area contributed by atoms with Crippen LogP contribution in [-0.4, -0.2) is 24.3 Å². The minimum atomic E-state index is 0.327. The molecule has 1 aliphatic rings. The highest BCUT2D eigenvalue weighted by Crippen LogP contribution is 2.40. The molecule has 0 bridgehead atoms. The topological polar surface area (TPSA) is 32.3 Å². The summed E-state index contributed by atoms with van der Waals surface area (Å²) in [5, 5.41) is 12.3. The van der Waals surface area contributed by atoms with Crippen LogP contribution in [0.2, 0.25) is 0 Å². The first kappa shape index (κ1) is 12.0. The molecule has 2 unspecified atom stereocenters. The van der Waals surface area contributed by atoms with Crippen LogP contribution in [0.3, 0.4) is 0 Å². The van der Waals surface area contributed by atoms with Crippen molar-refractivity contribution in [2.45, 2.75) is 52.5 Å². The number of rotatable bonds is 5. The fraction of sp³-hybridized carbons (Fsp3) is 1.00. The molecule has 2 nitrogen and oxygen atoms in total. The van der Waals surface area contributed by atoms with Crippen LogP contribution >= 0.6 is 0 Å². The molecule has 0 aromatic rings. The van der Waals surface area contributed by atoms with Crippen molar-refractivity contribution in [1.82, 2.24) is 5.32 Å². The summed E-state index contributed by atoms with van der Waals surface area (Å²) in [6.07, 6.45) is 4.66. The fourth-order valence-electron chi connectivity index (χ4n) is 2.69. The Morgan fingerprint density at radius 3 is 2.50 bits per heavy atom. The van der Waals surface area contributed by atoms with Gasteiger partial charge in [-0.25, -0.2) is 0 Å². The highest BCUT2D eigenvalue weighted by atomic mass is 16.2. The van der Waals surface area contributed by atoms with E-state index in [9.17, 15) is 0 Å². The van der Waals surface area contributed by atoms with Gasteiger partial charge in [-0.1, -0.05) is 20.8 Å². The van der Waals surface area contributed by atoms with Crippen LogP contribution in [0.15, 0.2) is 0 Å². The summed E-state index contributed by atoms with van der Waals surface area (Å²) >= 11 is 0. The van der Waals surface area contributed by atoms with Crippen LogP contribution in [0.5, 0.6) is 0 Å². The summed E-state index contributed by atoms with van der Waals surface area (Å²) in [6.45, 7) is 8.45. The predicted octanol–water partition coefficient (Wildman–Crippen LogP) is 2.17. The molecule has 1 saturated carbocycles. The van der Waals surface area contributed by atoms with E-state index in [4.69, 9.17) is 5.11 Å². The van der Waals surface area contributed by atoms with E-state index in [0.717, 1.165) is 25.3 Å². The van der Waals surface area contributed by atoms with Crippen LogP contribution in [0.25, 0.3) is 0 Å². The zero-order valence-electron chi connectivity index (χ0n) is 9.84. The molecule has 1 fully saturated rings. The number of aliphatic hydroxyl groups is 1. The summed E-state index contributed by atoms with van der Waals surface area (Å²) in [7, 11) is 0. The Balaban J connectivity index is 2.19. The summed E-state index contributed by atoms with van der Waals surface area (Å²) in [5.41, 5.74) is 0.522. The molecule has 2 atom stereocenters. The molecule has 1 rings (SSSR count). The molecule has 0 saturated heterocycles. The fourth-order valence-corrected chi connectivity index (χ4v) is 2.69. The molecule has 0 aliphatic heterocycles. The average Bonchev–Trinajstić information content (AvgIpc) is 2.34. The molecular weight excluding hydrogens is 174 g/mol. The summed E-state index contributed by atoms with van der Waals surface area (Å²) in [4.78, 5) is 0. The van der Waals surface area contributed by atoms with Gasteiger partial charge in [-0.15, -0.1) is 0 Å². The van der Waals surface area contributed by atoms with E-state index in [0.29, 0.717) is 18.1 Å². The van der Waals surface area contributed by atoms with Gasteiger partial charge in [-0.3, -0.25) is 0 Å². The molecule has 0 aromatic heterocycles. The van der Waals surface area contributed by atoms with Gasteiger partial charge in [0.1, 0.15) is 0 Å². The van der Waals surface area contributed by atoms with Crippen LogP contribution in [0.1, 0.15) is 46.5 Å². The van der Waals surface area contributed by atoms with Gasteiger partial charge in [0.05, 0.1) is 0 Å². The van der Waals surface area contributed by atoms with Crippen molar-refractivity contribution < 1.29 is 5.11 Å². The maximum absolute atomic E-state index is 8.67. The highest BCUT2D eigenvalue weighted by molar-refractivity contribution is 4.90. The highest BCUT2D eigenvalue weighted by Gasteiger charge is 2.35. The third kappa shape index (κ3) is 3.58. The smallest absolute Gasteiger partial charge is 0.0431 e. The van der Waals surface area contributed by atoms with Crippen LogP contribution in [0.4, 0.5) is 0 Å². The second-order valence-electron chi connectivity index (χ2n) is 5.54. The number of hydrogen-bond donors (Lipinski definition) is 2. The standard InChI is InChI=1S/C12H25NO/c1-10-8-12(2,3)9-11(10)13-6-4-5-7-14/h10-11,13-14H,4-9H2,1-3H3. The number of unbranched alkanes of at least 4 members (excludes halogenated alkanes) is 1. The first-order valence-corrected chi connectivity index (χ1v) is 5.89. The second kappa shape index (κ2) is 5.13. The van der Waals surface area contributed by atoms with Crippen molar-refractivity contribution in [3.8, 4) is 0 Å². The molecule has 0 radical (unpaired) electrons. The molecule has 84 valence electrons. The van der Waals surface area contributed by atoms with Gasteiger partial charge in [-0.2, -0.15) is 0 Å². The van der Waals surface area contributed by atoms with Crippen molar-refractivity contribution in [2.75, 3.05) is 13.2 Å². The van der Waals surface area contributed by atoms with Gasteiger partial charge < -0.3 is 10.4 Å². The SMILES string of the molecule is CC1CC(C)(C)CC1NCCCCO. The van der Waals surface area contributed by atoms with Crippen LogP contribution in [-0.2, 0) is 0 Å². The van der Waals surface area contributed by atoms with Gasteiger partial charge in [-0.05, 0) is 43.6 Å². The molecule has 0 spiro atoms. The maximum atomic E-state index is 8.67. The maximum Gasteiger partial charge on any atom is 0.0431 e. The minimum absolute atomic E-state index is 0.327. The van der Waals surface area contributed by atoms with E-state index < -0.39 is 0 Å². The van der Waals surface area contributed by atoms with E-state index in [-0.39, 0.29) is 0 Å². The first-order chi connectivity index (χ1) is 6.55. The summed E-state index contributed by atoms with van der Waals surface area (Å²) in [6, 6.07) is 0.698. The number of hydrogen-bond acceptors (Lipinski definition) is 2. The molecule has 0 amide bonds. The van der Waals surface area contributed by atoms with Gasteiger partial charge in [0.25, 0.3) is 0 Å². The Morgan fingerprint density at radius 1 is 1.29 bits per heavy atom. The van der Waals surface area contributed by atoms with E-state index in [1.807, 2.05) is 0 Å². The predicted molar refractivity (Wildman–Crippen MR) is 60.3 cm³/mol. The lowest BCUT2D eigenvalue weighted by Crippen LogP contribution is -2.32. The van der Waals surface area contributed by atoms with Crippen molar-refractivity contribution >= 4 is 0 Å². The zero-order chi connectivity index (χ0) is 10.6. The Labute approximate surface area is 88.1 Å². The van der Waals surface area contributed by atoms with E-state index >= 15 is 0 Å². The molecule has 2 heteroatoms. The van der Waals surface area contributed by atoms with Gasteiger partial charge >= 0.3 is 0 Å². The Morgan fingerprint density at radius 2 is 2.00 bits per heavy atom. The van der Waals surface area contributed by atoms with E-state index in [1.165, 1.54) is 12.8 Å². The molecule has 0 heterocycles. The monoisotopic (exact) mass is 199 g/mol. The Bertz CT molecular complexity index is 168. The number of aliphatic hydroxyl groups excluding tert-OH is 1. The summed E-state index contributed by atoms with van der Waals surface area (Å²) in [5.74, 6) is 0.805. The van der Waals surface area contributed by atoms with Crippen molar-refractivity contribution in [2.24, 2.45) is 11.3 Å². The van der Waals surface area contributed by atoms with Gasteiger partial charge in [0, 0.05) is 12.6 Å². The quantitative estimate of drug-likeness (QED) is 0.665.